The molecule has 0 aliphatic heterocycles. The molecule has 0 amide bonds. The fraction of sp³-hybridized carbons (Fsp3) is 1.00. The smallest absolute Gasteiger partial charge is 0.0604 e. The van der Waals surface area contributed by atoms with Crippen LogP contribution in [0.3, 0.4) is 0 Å². The molecule has 3 heteroatoms. The van der Waals surface area contributed by atoms with E-state index >= 15 is 0 Å². The number of nitrogens with two attached hydrogens (primary N) is 1. The number of nitrogens with zero attached hydrogens (tertiary/aromatic N) is 1. The van der Waals surface area contributed by atoms with E-state index < -0.39 is 0 Å². The summed E-state index contributed by atoms with van der Waals surface area (Å²) in [4.78, 5) is 2.77. The summed E-state index contributed by atoms with van der Waals surface area (Å²) in [6, 6.07) is 2.03. The van der Waals surface area contributed by atoms with Gasteiger partial charge < -0.3 is 10.5 Å². The molecule has 0 aromatic heterocycles. The molecule has 0 saturated heterocycles. The fourth-order valence-electron chi connectivity index (χ4n) is 3.54. The van der Waals surface area contributed by atoms with Crippen LogP contribution in [0.2, 0.25) is 0 Å². The molecule has 0 bridgehead atoms. The first-order chi connectivity index (χ1) is 8.74. The van der Waals surface area contributed by atoms with Crippen molar-refractivity contribution in [1.29, 1.82) is 0 Å². The van der Waals surface area contributed by atoms with Crippen molar-refractivity contribution < 1.29 is 4.74 Å². The number of hydrogen-bond donors (Lipinski definition) is 1. The number of hydrogen-bond acceptors (Lipinski definition) is 3. The van der Waals surface area contributed by atoms with Crippen molar-refractivity contribution >= 4 is 0 Å². The average Bonchev–Trinajstić information content (AvgIpc) is 2.32. The van der Waals surface area contributed by atoms with Gasteiger partial charge in [-0.1, -0.05) is 6.92 Å². The van der Waals surface area contributed by atoms with Crippen molar-refractivity contribution in [3.05, 3.63) is 0 Å². The van der Waals surface area contributed by atoms with Crippen LogP contribution in [0.1, 0.15) is 58.8 Å². The molecule has 0 aromatic carbocycles. The van der Waals surface area contributed by atoms with Gasteiger partial charge >= 0.3 is 0 Å². The number of ether oxygens (including phenoxy) is 1. The lowest BCUT2D eigenvalue weighted by Gasteiger charge is -2.47. The molecule has 0 heterocycles. The first-order valence-corrected chi connectivity index (χ1v) is 7.87. The second-order valence-electron chi connectivity index (χ2n) is 6.01. The van der Waals surface area contributed by atoms with Gasteiger partial charge in [0.15, 0.2) is 0 Å². The van der Waals surface area contributed by atoms with Crippen LogP contribution in [-0.4, -0.2) is 42.3 Å². The summed E-state index contributed by atoms with van der Waals surface area (Å²) in [5, 5.41) is 0. The van der Waals surface area contributed by atoms with Crippen molar-refractivity contribution in [2.45, 2.75) is 83.0 Å². The largest absolute Gasteiger partial charge is 0.378 e. The molecule has 18 heavy (non-hydrogen) atoms. The Hall–Kier alpha value is -0.120. The molecule has 2 saturated carbocycles. The van der Waals surface area contributed by atoms with E-state index in [1.807, 2.05) is 0 Å². The third kappa shape index (κ3) is 3.46. The third-order valence-electron chi connectivity index (χ3n) is 4.63. The maximum absolute atomic E-state index is 6.02. The molecule has 2 aliphatic carbocycles. The molecule has 106 valence electrons. The highest BCUT2D eigenvalue weighted by Gasteiger charge is 2.37. The van der Waals surface area contributed by atoms with E-state index in [0.29, 0.717) is 12.1 Å². The van der Waals surface area contributed by atoms with Crippen LogP contribution in [-0.2, 0) is 4.74 Å². The number of rotatable bonds is 6. The first kappa shape index (κ1) is 14.3. The van der Waals surface area contributed by atoms with E-state index in [1.54, 1.807) is 0 Å². The monoisotopic (exact) mass is 254 g/mol. The van der Waals surface area contributed by atoms with Crippen LogP contribution in [0, 0.1) is 0 Å². The summed E-state index contributed by atoms with van der Waals surface area (Å²) in [7, 11) is 0. The van der Waals surface area contributed by atoms with E-state index in [2.05, 4.69) is 18.7 Å². The van der Waals surface area contributed by atoms with Crippen molar-refractivity contribution in [2.24, 2.45) is 5.73 Å². The molecule has 2 fully saturated rings. The zero-order chi connectivity index (χ0) is 13.0. The van der Waals surface area contributed by atoms with Crippen LogP contribution in [0.5, 0.6) is 0 Å². The molecule has 0 atom stereocenters. The van der Waals surface area contributed by atoms with Gasteiger partial charge in [0.2, 0.25) is 0 Å². The van der Waals surface area contributed by atoms with Gasteiger partial charge in [0.25, 0.3) is 0 Å². The van der Waals surface area contributed by atoms with Crippen LogP contribution in [0.4, 0.5) is 0 Å². The Balaban J connectivity index is 1.81. The van der Waals surface area contributed by atoms with Gasteiger partial charge in [-0.25, -0.2) is 0 Å². The normalized spacial score (nSPS) is 36.7. The summed E-state index contributed by atoms with van der Waals surface area (Å²) in [6.07, 6.45) is 9.32. The van der Waals surface area contributed by atoms with E-state index in [9.17, 15) is 0 Å². The zero-order valence-corrected chi connectivity index (χ0v) is 12.1. The predicted octanol–water partition coefficient (Wildman–Crippen LogP) is 2.54. The van der Waals surface area contributed by atoms with Gasteiger partial charge in [0, 0.05) is 24.7 Å². The van der Waals surface area contributed by atoms with Gasteiger partial charge in [-0.2, -0.15) is 0 Å². The minimum atomic E-state index is 0.460. The summed E-state index contributed by atoms with van der Waals surface area (Å²) in [5.74, 6) is 0. The fourth-order valence-corrected chi connectivity index (χ4v) is 3.54. The Bertz CT molecular complexity index is 233. The summed E-state index contributed by atoms with van der Waals surface area (Å²) in [6.45, 7) is 6.51. The molecule has 2 N–H and O–H groups in total. The van der Waals surface area contributed by atoms with Crippen LogP contribution in [0.15, 0.2) is 0 Å². The lowest BCUT2D eigenvalue weighted by molar-refractivity contribution is -0.0619. The quantitative estimate of drug-likeness (QED) is 0.791. The summed E-state index contributed by atoms with van der Waals surface area (Å²) in [5.41, 5.74) is 6.02. The van der Waals surface area contributed by atoms with Crippen molar-refractivity contribution in [3.63, 3.8) is 0 Å². The first-order valence-electron chi connectivity index (χ1n) is 7.87. The highest BCUT2D eigenvalue weighted by atomic mass is 16.5. The van der Waals surface area contributed by atoms with E-state index in [-0.39, 0.29) is 0 Å². The van der Waals surface area contributed by atoms with Gasteiger partial charge in [-0.05, 0) is 58.4 Å². The lowest BCUT2D eigenvalue weighted by atomic mass is 9.83. The van der Waals surface area contributed by atoms with E-state index in [4.69, 9.17) is 10.5 Å². The highest BCUT2D eigenvalue weighted by Crippen LogP contribution is 2.33. The zero-order valence-electron chi connectivity index (χ0n) is 12.1. The van der Waals surface area contributed by atoms with Crippen molar-refractivity contribution in [3.8, 4) is 0 Å². The molecule has 0 radical (unpaired) electrons. The van der Waals surface area contributed by atoms with Gasteiger partial charge in [-0.3, -0.25) is 4.90 Å². The molecule has 3 nitrogen and oxygen atoms in total. The minimum Gasteiger partial charge on any atom is -0.378 e. The average molecular weight is 254 g/mol. The maximum Gasteiger partial charge on any atom is 0.0604 e. The Morgan fingerprint density at radius 3 is 2.28 bits per heavy atom. The molecule has 0 spiro atoms. The SMILES string of the molecule is CCCN(C1CCC(N)CC1)C1CC(OCC)C1. The Kier molecular flexibility index (Phi) is 5.46. The third-order valence-corrected chi connectivity index (χ3v) is 4.63. The lowest BCUT2D eigenvalue weighted by Crippen LogP contribution is -2.53. The second kappa shape index (κ2) is 6.88. The Morgan fingerprint density at radius 2 is 1.72 bits per heavy atom. The van der Waals surface area contributed by atoms with Gasteiger partial charge in [0.1, 0.15) is 0 Å². The molecule has 2 rings (SSSR count). The van der Waals surface area contributed by atoms with Crippen LogP contribution < -0.4 is 5.73 Å². The van der Waals surface area contributed by atoms with Gasteiger partial charge in [0.05, 0.1) is 6.10 Å². The Morgan fingerprint density at radius 1 is 1.06 bits per heavy atom. The Labute approximate surface area is 112 Å². The molecule has 0 unspecified atom stereocenters. The summed E-state index contributed by atoms with van der Waals surface area (Å²) < 4.78 is 5.69. The highest BCUT2D eigenvalue weighted by molar-refractivity contribution is 4.92. The van der Waals surface area contributed by atoms with E-state index in [1.165, 1.54) is 51.5 Å². The standard InChI is InChI=1S/C15H30N2O/c1-3-9-17(13-7-5-12(16)6-8-13)14-10-15(11-14)18-4-2/h12-15H,3-11,16H2,1-2H3. The van der Waals surface area contributed by atoms with E-state index in [0.717, 1.165) is 18.7 Å². The van der Waals surface area contributed by atoms with Crippen molar-refractivity contribution in [1.82, 2.24) is 4.90 Å². The minimum absolute atomic E-state index is 0.460. The maximum atomic E-state index is 6.02. The predicted molar refractivity (Wildman–Crippen MR) is 75.7 cm³/mol. The molecule has 2 aliphatic rings. The van der Waals surface area contributed by atoms with Gasteiger partial charge in [-0.15, -0.1) is 0 Å². The second-order valence-corrected chi connectivity index (χ2v) is 6.01. The summed E-state index contributed by atoms with van der Waals surface area (Å²) >= 11 is 0. The molecular weight excluding hydrogens is 224 g/mol. The van der Waals surface area contributed by atoms with Crippen molar-refractivity contribution in [2.75, 3.05) is 13.2 Å². The molecular formula is C15H30N2O. The van der Waals surface area contributed by atoms with Crippen LogP contribution in [0.25, 0.3) is 0 Å². The molecule has 0 aromatic rings. The van der Waals surface area contributed by atoms with Crippen LogP contribution >= 0.6 is 0 Å². The topological polar surface area (TPSA) is 38.5 Å².